The number of hydrogen-bond acceptors (Lipinski definition) is 6. The van der Waals surface area contributed by atoms with Crippen LogP contribution in [-0.4, -0.2) is 56.9 Å². The first-order chi connectivity index (χ1) is 12.2. The van der Waals surface area contributed by atoms with Gasteiger partial charge in [0.05, 0.1) is 11.3 Å². The number of amides is 1. The molecule has 1 saturated heterocycles. The van der Waals surface area contributed by atoms with Gasteiger partial charge in [0.15, 0.2) is 0 Å². The minimum Gasteiger partial charge on any atom is -0.444 e. The van der Waals surface area contributed by atoms with Crippen LogP contribution in [0.25, 0.3) is 6.08 Å². The maximum atomic E-state index is 12.1. The molecule has 3 rings (SSSR count). The van der Waals surface area contributed by atoms with Gasteiger partial charge in [-0.1, -0.05) is 12.2 Å². The van der Waals surface area contributed by atoms with Crippen molar-refractivity contribution in [3.05, 3.63) is 23.5 Å². The van der Waals surface area contributed by atoms with E-state index in [0.29, 0.717) is 38.4 Å². The van der Waals surface area contributed by atoms with Crippen molar-refractivity contribution >= 4 is 18.1 Å². The number of allylic oxidation sites excluding steroid dienone is 1. The highest BCUT2D eigenvalue weighted by Crippen LogP contribution is 2.24. The second-order valence-electron chi connectivity index (χ2n) is 8.08. The summed E-state index contributed by atoms with van der Waals surface area (Å²) in [5.41, 5.74) is 0.714. The number of carbonyl (C=O) groups is 1. The summed E-state index contributed by atoms with van der Waals surface area (Å²) in [6.45, 7) is 6.87. The van der Waals surface area contributed by atoms with Gasteiger partial charge in [0.1, 0.15) is 5.60 Å². The number of anilines is 1. The molecule has 1 aliphatic carbocycles. The molecule has 0 radical (unpaired) electrons. The third-order valence-electron chi connectivity index (χ3n) is 4.67. The summed E-state index contributed by atoms with van der Waals surface area (Å²) in [5.74, 6) is 0.544. The molecule has 2 N–H and O–H groups in total. The molecule has 1 aromatic rings. The van der Waals surface area contributed by atoms with Crippen LogP contribution in [0.15, 0.2) is 12.3 Å². The zero-order valence-corrected chi connectivity index (χ0v) is 15.8. The Morgan fingerprint density at radius 1 is 1.38 bits per heavy atom. The number of aryl methyl sites for hydroxylation is 1. The van der Waals surface area contributed by atoms with Gasteiger partial charge in [0, 0.05) is 31.4 Å². The first-order valence-electron chi connectivity index (χ1n) is 9.21. The van der Waals surface area contributed by atoms with Crippen molar-refractivity contribution < 1.29 is 14.6 Å². The van der Waals surface area contributed by atoms with Crippen LogP contribution in [0.4, 0.5) is 10.7 Å². The van der Waals surface area contributed by atoms with Crippen molar-refractivity contribution in [2.45, 2.75) is 57.7 Å². The van der Waals surface area contributed by atoms with Crippen molar-refractivity contribution in [1.82, 2.24) is 14.9 Å². The summed E-state index contributed by atoms with van der Waals surface area (Å²) < 4.78 is 5.39. The fraction of sp³-hybridized carbons (Fsp3) is 0.632. The molecule has 1 aliphatic heterocycles. The lowest BCUT2D eigenvalue weighted by Crippen LogP contribution is -2.50. The summed E-state index contributed by atoms with van der Waals surface area (Å²) in [6.07, 6.45) is 8.56. The van der Waals surface area contributed by atoms with Gasteiger partial charge in [0.25, 0.3) is 0 Å². The number of nitrogens with one attached hydrogen (secondary N) is 1. The molecule has 2 aliphatic rings. The number of hydrogen-bond donors (Lipinski definition) is 2. The fourth-order valence-electron chi connectivity index (χ4n) is 3.13. The number of ether oxygens (including phenoxy) is 1. The normalized spacial score (nSPS) is 19.0. The molecule has 7 nitrogen and oxygen atoms in total. The molecule has 0 bridgehead atoms. The van der Waals surface area contributed by atoms with Crippen molar-refractivity contribution in [2.75, 3.05) is 25.0 Å². The molecule has 1 fully saturated rings. The van der Waals surface area contributed by atoms with Gasteiger partial charge in [-0.15, -0.1) is 0 Å². The van der Waals surface area contributed by atoms with Crippen molar-refractivity contribution in [1.29, 1.82) is 0 Å². The Balaban J connectivity index is 1.52. The first kappa shape index (κ1) is 18.6. The van der Waals surface area contributed by atoms with Gasteiger partial charge in [0.2, 0.25) is 5.95 Å². The average Bonchev–Trinajstić information content (AvgIpc) is 2.59. The van der Waals surface area contributed by atoms with E-state index in [2.05, 4.69) is 21.4 Å². The highest BCUT2D eigenvalue weighted by atomic mass is 16.6. The predicted molar refractivity (Wildman–Crippen MR) is 99.9 cm³/mol. The Kier molecular flexibility index (Phi) is 5.18. The summed E-state index contributed by atoms with van der Waals surface area (Å²) >= 11 is 0. The smallest absolute Gasteiger partial charge is 0.410 e. The number of likely N-dealkylation sites (tertiary alicyclic amines) is 1. The van der Waals surface area contributed by atoms with E-state index < -0.39 is 11.2 Å². The lowest BCUT2D eigenvalue weighted by atomic mass is 9.91. The van der Waals surface area contributed by atoms with Crippen LogP contribution in [0.2, 0.25) is 0 Å². The molecule has 0 aromatic carbocycles. The molecule has 2 heterocycles. The van der Waals surface area contributed by atoms with Crippen LogP contribution in [0, 0.1) is 0 Å². The van der Waals surface area contributed by atoms with E-state index in [1.165, 1.54) is 0 Å². The standard InChI is InChI=1S/C19H28N4O3/c1-18(2,3)26-17(24)23-10-8-19(25,9-11-23)13-21-16-20-12-14-6-4-5-7-15(14)22-16/h4,6,12,25H,5,7-11,13H2,1-3H3,(H,20,21,22). The largest absolute Gasteiger partial charge is 0.444 e. The van der Waals surface area contributed by atoms with Crippen LogP contribution in [0.1, 0.15) is 51.3 Å². The SMILES string of the molecule is CC(C)(C)OC(=O)N1CCC(O)(CNc2ncc3c(n2)CCC=C3)CC1. The Bertz CT molecular complexity index is 689. The van der Waals surface area contributed by atoms with Gasteiger partial charge < -0.3 is 20.1 Å². The van der Waals surface area contributed by atoms with E-state index in [1.54, 1.807) is 4.90 Å². The molecule has 0 atom stereocenters. The number of carbonyl (C=O) groups excluding carboxylic acids is 1. The molecule has 0 spiro atoms. The summed E-state index contributed by atoms with van der Waals surface area (Å²) in [5, 5.41) is 14.0. The maximum Gasteiger partial charge on any atom is 0.410 e. The van der Waals surface area contributed by atoms with Crippen LogP contribution in [-0.2, 0) is 11.2 Å². The Morgan fingerprint density at radius 2 is 2.12 bits per heavy atom. The number of nitrogens with zero attached hydrogens (tertiary/aromatic N) is 3. The summed E-state index contributed by atoms with van der Waals surface area (Å²) in [7, 11) is 0. The van der Waals surface area contributed by atoms with E-state index in [-0.39, 0.29) is 6.09 Å². The highest BCUT2D eigenvalue weighted by molar-refractivity contribution is 5.68. The third kappa shape index (κ3) is 4.72. The molecule has 1 aromatic heterocycles. The van der Waals surface area contributed by atoms with Crippen LogP contribution >= 0.6 is 0 Å². The zero-order valence-electron chi connectivity index (χ0n) is 15.8. The van der Waals surface area contributed by atoms with Gasteiger partial charge in [-0.3, -0.25) is 0 Å². The van der Waals surface area contributed by atoms with Crippen molar-refractivity contribution in [2.24, 2.45) is 0 Å². The lowest BCUT2D eigenvalue weighted by Gasteiger charge is -2.38. The number of rotatable bonds is 3. The predicted octanol–water partition coefficient (Wildman–Crippen LogP) is 2.61. The van der Waals surface area contributed by atoms with E-state index in [4.69, 9.17) is 4.74 Å². The Hall–Kier alpha value is -2.15. The van der Waals surface area contributed by atoms with Crippen LogP contribution in [0.5, 0.6) is 0 Å². The maximum absolute atomic E-state index is 12.1. The Labute approximate surface area is 154 Å². The number of fused-ring (bicyclic) bond motifs is 1. The molecule has 0 saturated carbocycles. The summed E-state index contributed by atoms with van der Waals surface area (Å²) in [4.78, 5) is 22.6. The first-order valence-corrected chi connectivity index (χ1v) is 9.21. The molecular weight excluding hydrogens is 332 g/mol. The van der Waals surface area contributed by atoms with Crippen molar-refractivity contribution in [3.8, 4) is 0 Å². The zero-order chi connectivity index (χ0) is 18.8. The van der Waals surface area contributed by atoms with Gasteiger partial charge in [-0.05, 0) is 46.5 Å². The Morgan fingerprint density at radius 3 is 2.81 bits per heavy atom. The third-order valence-corrected chi connectivity index (χ3v) is 4.67. The minimum absolute atomic E-state index is 0.321. The quantitative estimate of drug-likeness (QED) is 0.861. The molecule has 0 unspecified atom stereocenters. The van der Waals surface area contributed by atoms with E-state index in [9.17, 15) is 9.90 Å². The molecular formula is C19H28N4O3. The number of piperidine rings is 1. The van der Waals surface area contributed by atoms with Gasteiger partial charge >= 0.3 is 6.09 Å². The van der Waals surface area contributed by atoms with Crippen LogP contribution < -0.4 is 5.32 Å². The number of aliphatic hydroxyl groups is 1. The monoisotopic (exact) mass is 360 g/mol. The average molecular weight is 360 g/mol. The summed E-state index contributed by atoms with van der Waals surface area (Å²) in [6, 6.07) is 0. The second-order valence-corrected chi connectivity index (χ2v) is 8.08. The lowest BCUT2D eigenvalue weighted by molar-refractivity contribution is -0.0245. The second kappa shape index (κ2) is 7.23. The highest BCUT2D eigenvalue weighted by Gasteiger charge is 2.35. The van der Waals surface area contributed by atoms with Crippen LogP contribution in [0.3, 0.4) is 0 Å². The fourth-order valence-corrected chi connectivity index (χ4v) is 3.13. The topological polar surface area (TPSA) is 87.6 Å². The van der Waals surface area contributed by atoms with Crippen molar-refractivity contribution in [3.63, 3.8) is 0 Å². The van der Waals surface area contributed by atoms with Gasteiger partial charge in [-0.25, -0.2) is 14.8 Å². The molecule has 1 amide bonds. The van der Waals surface area contributed by atoms with E-state index >= 15 is 0 Å². The van der Waals surface area contributed by atoms with E-state index in [0.717, 1.165) is 24.1 Å². The molecule has 26 heavy (non-hydrogen) atoms. The number of aromatic nitrogens is 2. The molecule has 7 heteroatoms. The van der Waals surface area contributed by atoms with Gasteiger partial charge in [-0.2, -0.15) is 0 Å². The van der Waals surface area contributed by atoms with E-state index in [1.807, 2.05) is 33.0 Å². The minimum atomic E-state index is -0.877. The molecule has 142 valence electrons.